The van der Waals surface area contributed by atoms with Crippen molar-refractivity contribution in [3.63, 3.8) is 0 Å². The number of ketones is 4. The summed E-state index contributed by atoms with van der Waals surface area (Å²) < 4.78 is 22.4. The molecular weight excluding hydrogens is 1330 g/mol. The van der Waals surface area contributed by atoms with Gasteiger partial charge < -0.3 is 66.4 Å². The highest BCUT2D eigenvalue weighted by Crippen LogP contribution is 2.23. The minimum atomic E-state index is -1.30. The number of H-pyrrole nitrogens is 2. The highest BCUT2D eigenvalue weighted by atomic mass is 16.5. The third-order valence-electron chi connectivity index (χ3n) is 16.1. The van der Waals surface area contributed by atoms with E-state index in [4.69, 9.17) is 35.9 Å². The van der Waals surface area contributed by atoms with Crippen LogP contribution >= 0.6 is 0 Å². The van der Waals surface area contributed by atoms with Crippen LogP contribution in [0.4, 0.5) is 23.3 Å². The van der Waals surface area contributed by atoms with Gasteiger partial charge in [-0.3, -0.25) is 53.1 Å². The van der Waals surface area contributed by atoms with E-state index in [2.05, 4.69) is 65.8 Å². The van der Waals surface area contributed by atoms with Crippen LogP contribution in [0, 0.1) is 0 Å². The number of nitrogens with one attached hydrogen (secondary N) is 5. The molecule has 2 atom stereocenters. The first-order valence-corrected chi connectivity index (χ1v) is 33.3. The molecule has 35 heteroatoms. The predicted molar refractivity (Wildman–Crippen MR) is 372 cm³/mol. The molecule has 3 amide bonds. The summed E-state index contributed by atoms with van der Waals surface area (Å²) >= 11 is 0. The highest BCUT2D eigenvalue weighted by molar-refractivity contribution is 5.98. The second-order valence-electron chi connectivity index (χ2n) is 24.4. The summed E-state index contributed by atoms with van der Waals surface area (Å²) in [6.45, 7) is 4.26. The van der Waals surface area contributed by atoms with Gasteiger partial charge in [0.25, 0.3) is 22.9 Å². The monoisotopic (exact) mass is 1420 g/mol. The molecular formula is C67H88N18O17. The number of ether oxygens (including phenoxy) is 4. The van der Waals surface area contributed by atoms with Gasteiger partial charge in [-0.25, -0.2) is 29.5 Å². The van der Waals surface area contributed by atoms with Gasteiger partial charge in [0.2, 0.25) is 17.8 Å². The summed E-state index contributed by atoms with van der Waals surface area (Å²) in [4.78, 5) is 175. The zero-order valence-electron chi connectivity index (χ0n) is 57.3. The number of fused-ring (bicyclic) bond motifs is 2. The number of aromatic amines is 2. The highest BCUT2D eigenvalue weighted by Gasteiger charge is 2.29. The smallest absolute Gasteiger partial charge is 0.326 e. The zero-order chi connectivity index (χ0) is 74.0. The van der Waals surface area contributed by atoms with Gasteiger partial charge in [-0.2, -0.15) is 9.97 Å². The predicted octanol–water partition coefficient (Wildman–Crippen LogP) is 4.40. The molecule has 2 aromatic carbocycles. The fourth-order valence-corrected chi connectivity index (χ4v) is 10.4. The first-order valence-electron chi connectivity index (χ1n) is 33.3. The van der Waals surface area contributed by atoms with Crippen molar-refractivity contribution in [2.75, 3.05) is 94.8 Å². The van der Waals surface area contributed by atoms with Gasteiger partial charge in [0.1, 0.15) is 35.2 Å². The van der Waals surface area contributed by atoms with E-state index in [0.717, 1.165) is 0 Å². The van der Waals surface area contributed by atoms with Crippen LogP contribution in [0.3, 0.4) is 0 Å². The van der Waals surface area contributed by atoms with Crippen molar-refractivity contribution in [3.05, 3.63) is 115 Å². The van der Waals surface area contributed by atoms with Crippen molar-refractivity contribution in [1.82, 2.24) is 55.8 Å². The number of nitrogens with two attached hydrogens (primary N) is 2. The second-order valence-corrected chi connectivity index (χ2v) is 24.4. The maximum atomic E-state index is 13.0. The molecule has 548 valence electrons. The Bertz CT molecular complexity index is 3780. The first-order chi connectivity index (χ1) is 48.9. The molecule has 0 unspecified atom stereocenters. The van der Waals surface area contributed by atoms with Crippen molar-refractivity contribution in [3.8, 4) is 0 Å². The van der Waals surface area contributed by atoms with Crippen LogP contribution in [-0.2, 0) is 65.6 Å². The lowest BCUT2D eigenvalue weighted by Gasteiger charge is -2.31. The number of anilines is 4. The molecule has 0 saturated carbocycles. The Kier molecular flexibility index (Phi) is 32.8. The number of carboxylic acid groups (broad SMARTS) is 2. The number of aliphatic carboxylic acids is 2. The quantitative estimate of drug-likeness (QED) is 0.0111. The number of azide groups is 1. The molecule has 0 aliphatic rings. The number of carbonyl (C=O) groups is 9. The number of hydrogen-bond donors (Lipinski definition) is 9. The normalized spacial score (nSPS) is 11.9. The van der Waals surface area contributed by atoms with Gasteiger partial charge in [0.15, 0.2) is 22.3 Å². The Morgan fingerprint density at radius 2 is 0.912 bits per heavy atom. The summed E-state index contributed by atoms with van der Waals surface area (Å²) in [5.41, 5.74) is 21.0. The minimum absolute atomic E-state index is 0.0411. The number of nitrogens with zero attached hydrogens (tertiary/aromatic N) is 11. The molecule has 0 aliphatic carbocycles. The number of nitrogen functional groups attached to an aromatic ring is 2. The van der Waals surface area contributed by atoms with E-state index in [1.807, 2.05) is 9.80 Å². The Balaban J connectivity index is 0.758. The van der Waals surface area contributed by atoms with Crippen LogP contribution in [0.25, 0.3) is 32.8 Å². The maximum absolute atomic E-state index is 13.0. The van der Waals surface area contributed by atoms with E-state index < -0.39 is 52.5 Å². The molecule has 6 rings (SSSR count). The van der Waals surface area contributed by atoms with Crippen molar-refractivity contribution in [1.29, 1.82) is 0 Å². The summed E-state index contributed by atoms with van der Waals surface area (Å²) in [6.07, 6.45) is 5.65. The van der Waals surface area contributed by atoms with Crippen molar-refractivity contribution in [2.24, 2.45) is 5.11 Å². The fraction of sp³-hybridized carbons (Fsp3) is 0.507. The van der Waals surface area contributed by atoms with Crippen molar-refractivity contribution in [2.45, 2.75) is 147 Å². The van der Waals surface area contributed by atoms with Gasteiger partial charge in [0, 0.05) is 138 Å². The number of carboxylic acids is 2. The summed E-state index contributed by atoms with van der Waals surface area (Å²) in [7, 11) is 3.55. The van der Waals surface area contributed by atoms with Crippen LogP contribution in [0.5, 0.6) is 0 Å². The van der Waals surface area contributed by atoms with Gasteiger partial charge >= 0.3 is 11.9 Å². The average molecular weight is 1420 g/mol. The van der Waals surface area contributed by atoms with E-state index in [1.165, 1.54) is 36.7 Å². The zero-order valence-corrected chi connectivity index (χ0v) is 57.3. The van der Waals surface area contributed by atoms with Crippen LogP contribution in [0.15, 0.2) is 75.6 Å². The lowest BCUT2D eigenvalue weighted by molar-refractivity contribution is -0.140. The number of benzene rings is 2. The van der Waals surface area contributed by atoms with Crippen LogP contribution < -0.4 is 48.3 Å². The van der Waals surface area contributed by atoms with Crippen molar-refractivity contribution >= 4 is 98.4 Å². The maximum Gasteiger partial charge on any atom is 0.326 e. The van der Waals surface area contributed by atoms with E-state index in [9.17, 15) is 63.0 Å². The summed E-state index contributed by atoms with van der Waals surface area (Å²) in [5.74, 6) is -4.86. The number of hydrogen-bond acceptors (Lipinski definition) is 26. The minimum Gasteiger partial charge on any atom is -0.480 e. The molecule has 4 heterocycles. The lowest BCUT2D eigenvalue weighted by Crippen LogP contribution is -2.46. The van der Waals surface area contributed by atoms with Gasteiger partial charge in [-0.05, 0) is 112 Å². The standard InChI is InChI=1S/C67H88N18O17/c1-67(82-54(90)26-29-73-83-70,27-24-50(88)10-6-32-101-36-34-99-30-4-8-48(86)20-22-52(63(95)96)76-59(91)42-12-16-46(17-13-42)84(2)40-44-38-71-57-55(74-44)61(93)80-65(68)78-57)28-25-51(89)11-7-33-102-37-35-100-31-5-9-49(87)21-23-53(64(97)98)77-60(92)43-14-18-47(19-15-43)85(3)41-45-39-72-58-56(75-45)62(94)81-66(69)79-58/h12-19,38-39,52-53H,4-11,20-37,40-41H2,1-3H3,(H,76,91)(H,77,92)(H,82,90)(H,95,96)(H,97,98)(H3,68,71,78,80,93)(H3,69,72,79,81,94)/t52-,53-/m0/s1. The third kappa shape index (κ3) is 28.1. The number of aromatic nitrogens is 8. The van der Waals surface area contributed by atoms with Crippen LogP contribution in [0.2, 0.25) is 0 Å². The Labute approximate surface area is 585 Å². The number of carbonyl (C=O) groups excluding carboxylic acids is 7. The number of Topliss-reactive ketones (excluding diaryl/α,β-unsaturated/α-hetero) is 4. The molecule has 0 saturated heterocycles. The number of amides is 3. The van der Waals surface area contributed by atoms with Gasteiger partial charge in [0.05, 0.1) is 63.3 Å². The van der Waals surface area contributed by atoms with E-state index >= 15 is 0 Å². The molecule has 0 spiro atoms. The van der Waals surface area contributed by atoms with Crippen LogP contribution in [-0.4, -0.2) is 194 Å². The average Bonchev–Trinajstić information content (AvgIpc) is 0.814. The molecule has 0 fully saturated rings. The molecule has 0 radical (unpaired) electrons. The molecule has 11 N–H and O–H groups in total. The van der Waals surface area contributed by atoms with Crippen LogP contribution in [0.1, 0.15) is 148 Å². The van der Waals surface area contributed by atoms with Gasteiger partial charge in [-0.1, -0.05) is 5.11 Å². The largest absolute Gasteiger partial charge is 0.480 e. The molecule has 4 aromatic heterocycles. The van der Waals surface area contributed by atoms with Crippen molar-refractivity contribution < 1.29 is 72.3 Å². The number of rotatable bonds is 50. The summed E-state index contributed by atoms with van der Waals surface area (Å²) in [6, 6.07) is 10.2. The van der Waals surface area contributed by atoms with E-state index in [1.54, 1.807) is 45.3 Å². The second kappa shape index (κ2) is 41.7. The summed E-state index contributed by atoms with van der Waals surface area (Å²) in [5, 5.41) is 30.9. The molecule has 35 nitrogen and oxygen atoms in total. The van der Waals surface area contributed by atoms with Gasteiger partial charge in [-0.15, -0.1) is 0 Å². The molecule has 102 heavy (non-hydrogen) atoms. The Hall–Kier alpha value is -10.7. The first kappa shape index (κ1) is 80.2. The fourth-order valence-electron chi connectivity index (χ4n) is 10.4. The molecule has 6 aromatic rings. The topological polar surface area (TPSA) is 517 Å². The molecule has 0 aliphatic heterocycles. The third-order valence-corrected chi connectivity index (χ3v) is 16.1. The van der Waals surface area contributed by atoms with E-state index in [-0.39, 0.29) is 230 Å². The lowest BCUT2D eigenvalue weighted by atomic mass is 9.87. The van der Waals surface area contributed by atoms with E-state index in [0.29, 0.717) is 48.4 Å². The SMILES string of the molecule is CN(Cc1cnc2nc(N)[nH]c(=O)c2n1)c1ccc(C(=O)N[C@@H](CCC(=O)CCCOCCOCCCC(=O)CCC(C)(CCC(=O)CCCOCCOCCCC(=O)CC[C@H](NC(=O)c2ccc(N(C)Cc3cnc4nc(N)[nH]c(=O)c4n3)cc2)C(=O)O)NC(=O)CCN=[N+]=[N-])C(=O)O)cc1. The Morgan fingerprint density at radius 1 is 0.549 bits per heavy atom. The molecule has 0 bridgehead atoms. The Morgan fingerprint density at radius 3 is 1.26 bits per heavy atom.